The average molecular weight is 728 g/mol. The fraction of sp³-hybridized carbons (Fsp3) is 0.0566. The van der Waals surface area contributed by atoms with Crippen molar-refractivity contribution in [2.45, 2.75) is 19.3 Å². The van der Waals surface area contributed by atoms with Crippen LogP contribution in [0.15, 0.2) is 168 Å². The molecule has 266 valence electrons. The normalized spacial score (nSPS) is 12.8. The first-order valence-electron chi connectivity index (χ1n) is 19.2. The van der Waals surface area contributed by atoms with E-state index in [0.29, 0.717) is 16.9 Å². The van der Waals surface area contributed by atoms with Crippen molar-refractivity contribution < 1.29 is 4.42 Å². The predicted octanol–water partition coefficient (Wildman–Crippen LogP) is 14.4. The van der Waals surface area contributed by atoms with Gasteiger partial charge in [-0.1, -0.05) is 129 Å². The van der Waals surface area contributed by atoms with E-state index in [2.05, 4.69) is 132 Å². The number of benzene rings is 8. The van der Waals surface area contributed by atoms with E-state index in [1.807, 2.05) is 60.7 Å². The van der Waals surface area contributed by atoms with Crippen LogP contribution in [0.4, 0.5) is 5.69 Å². The molecule has 0 atom stereocenters. The maximum Gasteiger partial charge on any atom is 0.212 e. The lowest BCUT2D eigenvalue weighted by Crippen LogP contribution is -2.14. The summed E-state index contributed by atoms with van der Waals surface area (Å²) in [6.07, 6.45) is 0. The van der Waals surface area contributed by atoms with Crippen LogP contribution >= 0.6 is 0 Å². The van der Waals surface area contributed by atoms with E-state index in [1.165, 1.54) is 22.3 Å². The van der Waals surface area contributed by atoms with Gasteiger partial charge in [-0.05, 0) is 104 Å². The van der Waals surface area contributed by atoms with E-state index in [-0.39, 0.29) is 5.41 Å². The Labute approximate surface area is 329 Å². The second-order valence-electron chi connectivity index (χ2n) is 15.5. The number of nitrogens with zero attached hydrogens (tertiary/aromatic N) is 3. The maximum atomic E-state index is 10.9. The number of fused-ring (bicyclic) bond motifs is 9. The van der Waals surface area contributed by atoms with Gasteiger partial charge in [-0.2, -0.15) is 5.26 Å². The van der Waals surface area contributed by atoms with Crippen LogP contribution in [0.1, 0.15) is 30.5 Å². The SMILES string of the molecule is [C-]#[N+]c1cc(-c2ccc3oc4cc5c(cc4c3c2)-c2ccccc2C5(C)C)cc(C#N)c1-n1c2cc(-c3ccccc3)ccc2c2ccc(-c3ccccc3)cc21. The zero-order chi connectivity index (χ0) is 38.4. The Balaban J connectivity index is 1.12. The number of aromatic nitrogens is 1. The average Bonchev–Trinajstić information content (AvgIpc) is 3.86. The van der Waals surface area contributed by atoms with Crippen molar-refractivity contribution >= 4 is 49.4 Å². The van der Waals surface area contributed by atoms with Crippen molar-refractivity contribution in [3.63, 3.8) is 0 Å². The summed E-state index contributed by atoms with van der Waals surface area (Å²) in [5.41, 5.74) is 16.0. The van der Waals surface area contributed by atoms with Crippen LogP contribution in [0.5, 0.6) is 0 Å². The first kappa shape index (κ1) is 32.7. The van der Waals surface area contributed by atoms with Crippen LogP contribution in [-0.2, 0) is 5.41 Å². The third-order valence-electron chi connectivity index (χ3n) is 12.0. The van der Waals surface area contributed by atoms with Gasteiger partial charge in [0.15, 0.2) is 0 Å². The van der Waals surface area contributed by atoms with E-state index >= 15 is 0 Å². The minimum absolute atomic E-state index is 0.127. The van der Waals surface area contributed by atoms with Crippen LogP contribution in [0.3, 0.4) is 0 Å². The Hall–Kier alpha value is -7.66. The molecule has 0 fully saturated rings. The molecule has 0 bridgehead atoms. The molecular weight excluding hydrogens is 695 g/mol. The predicted molar refractivity (Wildman–Crippen MR) is 233 cm³/mol. The van der Waals surface area contributed by atoms with Crippen molar-refractivity contribution in [2.75, 3.05) is 0 Å². The Bertz CT molecular complexity index is 3260. The second-order valence-corrected chi connectivity index (χ2v) is 15.5. The molecule has 1 aliphatic carbocycles. The molecule has 10 aromatic rings. The molecule has 2 heterocycles. The van der Waals surface area contributed by atoms with Gasteiger partial charge in [-0.15, -0.1) is 0 Å². The van der Waals surface area contributed by atoms with Crippen molar-refractivity contribution in [3.05, 3.63) is 192 Å². The smallest absolute Gasteiger partial charge is 0.212 e. The molecule has 4 heteroatoms. The molecule has 1 aliphatic rings. The molecule has 0 saturated carbocycles. The standard InChI is InChI=1S/C53H33N3O/c1-53(2)45-17-11-10-16-39(45)42-29-44-43-25-34(20-23-50(43)57-51(44)30-46(42)53)37-24-38(31-54)52(47(26-37)55-3)56-48-27-35(32-12-6-4-7-13-32)18-21-40(48)41-22-19-36(28-49(41)56)33-14-8-5-9-15-33/h4-30H,1-2H3. The van der Waals surface area contributed by atoms with Crippen LogP contribution in [0.25, 0.3) is 98.8 Å². The molecule has 0 radical (unpaired) electrons. The zero-order valence-corrected chi connectivity index (χ0v) is 31.3. The van der Waals surface area contributed by atoms with E-state index in [9.17, 15) is 5.26 Å². The Morgan fingerprint density at radius 1 is 0.526 bits per heavy atom. The van der Waals surface area contributed by atoms with Gasteiger partial charge >= 0.3 is 0 Å². The molecule has 0 N–H and O–H groups in total. The lowest BCUT2D eigenvalue weighted by Gasteiger charge is -2.21. The molecule has 0 amide bonds. The highest BCUT2D eigenvalue weighted by Gasteiger charge is 2.36. The summed E-state index contributed by atoms with van der Waals surface area (Å²) in [6.45, 7) is 13.1. The fourth-order valence-corrected chi connectivity index (χ4v) is 9.22. The van der Waals surface area contributed by atoms with E-state index < -0.39 is 0 Å². The molecule has 0 saturated heterocycles. The van der Waals surface area contributed by atoms with Crippen LogP contribution in [0, 0.1) is 17.9 Å². The molecule has 0 aliphatic heterocycles. The van der Waals surface area contributed by atoms with Crippen LogP contribution in [0.2, 0.25) is 0 Å². The van der Waals surface area contributed by atoms with E-state index in [4.69, 9.17) is 11.0 Å². The van der Waals surface area contributed by atoms with Crippen molar-refractivity contribution in [2.24, 2.45) is 0 Å². The van der Waals surface area contributed by atoms with Gasteiger partial charge in [0, 0.05) is 27.0 Å². The minimum Gasteiger partial charge on any atom is -0.456 e. The first-order chi connectivity index (χ1) is 27.9. The van der Waals surface area contributed by atoms with Gasteiger partial charge < -0.3 is 8.98 Å². The van der Waals surface area contributed by atoms with Gasteiger partial charge in [0.2, 0.25) is 5.69 Å². The summed E-state index contributed by atoms with van der Waals surface area (Å²) in [5.74, 6) is 0. The Morgan fingerprint density at radius 3 is 1.77 bits per heavy atom. The summed E-state index contributed by atoms with van der Waals surface area (Å²) >= 11 is 0. The summed E-state index contributed by atoms with van der Waals surface area (Å²) in [6, 6.07) is 59.3. The molecule has 0 unspecified atom stereocenters. The third kappa shape index (κ3) is 4.85. The number of nitriles is 1. The number of furan rings is 1. The molecule has 57 heavy (non-hydrogen) atoms. The van der Waals surface area contributed by atoms with Gasteiger partial charge in [-0.3, -0.25) is 0 Å². The molecule has 0 spiro atoms. The number of hydrogen-bond donors (Lipinski definition) is 0. The maximum absolute atomic E-state index is 10.9. The highest BCUT2D eigenvalue weighted by Crippen LogP contribution is 2.51. The van der Waals surface area contributed by atoms with Crippen LogP contribution < -0.4 is 0 Å². The number of rotatable bonds is 4. The monoisotopic (exact) mass is 727 g/mol. The topological polar surface area (TPSA) is 46.2 Å². The lowest BCUT2D eigenvalue weighted by molar-refractivity contribution is 0.647. The first-order valence-corrected chi connectivity index (χ1v) is 19.2. The summed E-state index contributed by atoms with van der Waals surface area (Å²) in [4.78, 5) is 4.13. The van der Waals surface area contributed by atoms with Gasteiger partial charge in [-0.25, -0.2) is 4.85 Å². The molecule has 8 aromatic carbocycles. The summed E-state index contributed by atoms with van der Waals surface area (Å²) in [7, 11) is 0. The van der Waals surface area contributed by atoms with Gasteiger partial charge in [0.05, 0.1) is 34.9 Å². The highest BCUT2D eigenvalue weighted by atomic mass is 16.3. The van der Waals surface area contributed by atoms with E-state index in [1.54, 1.807) is 0 Å². The van der Waals surface area contributed by atoms with Crippen molar-refractivity contribution in [1.82, 2.24) is 4.57 Å². The zero-order valence-electron chi connectivity index (χ0n) is 31.3. The summed E-state index contributed by atoms with van der Waals surface area (Å²) < 4.78 is 8.61. The van der Waals surface area contributed by atoms with Gasteiger partial charge in [0.1, 0.15) is 11.2 Å². The minimum atomic E-state index is -0.127. The molecule has 2 aromatic heterocycles. The van der Waals surface area contributed by atoms with Crippen LogP contribution in [-0.4, -0.2) is 4.57 Å². The second kappa shape index (κ2) is 12.2. The summed E-state index contributed by atoms with van der Waals surface area (Å²) in [5, 5.41) is 15.1. The Kier molecular flexibility index (Phi) is 6.99. The van der Waals surface area contributed by atoms with Crippen molar-refractivity contribution in [1.29, 1.82) is 5.26 Å². The fourth-order valence-electron chi connectivity index (χ4n) is 9.22. The Morgan fingerprint density at radius 2 is 1.12 bits per heavy atom. The van der Waals surface area contributed by atoms with Gasteiger partial charge in [0.25, 0.3) is 0 Å². The lowest BCUT2D eigenvalue weighted by atomic mass is 9.82. The molecular formula is C53H33N3O. The quantitative estimate of drug-likeness (QED) is 0.169. The van der Waals surface area contributed by atoms with Crippen molar-refractivity contribution in [3.8, 4) is 56.3 Å². The molecule has 4 nitrogen and oxygen atoms in total. The highest BCUT2D eigenvalue weighted by molar-refractivity contribution is 6.12. The van der Waals surface area contributed by atoms with E-state index in [0.717, 1.165) is 77.1 Å². The largest absolute Gasteiger partial charge is 0.456 e. The molecule has 11 rings (SSSR count). The number of hydrogen-bond acceptors (Lipinski definition) is 2. The third-order valence-corrected chi connectivity index (χ3v) is 12.0.